The molecule has 1 N–H and O–H groups in total. The highest BCUT2D eigenvalue weighted by Gasteiger charge is 2.30. The maximum absolute atomic E-state index is 12.6. The van der Waals surface area contributed by atoms with E-state index in [1.807, 2.05) is 21.9 Å². The lowest BCUT2D eigenvalue weighted by molar-refractivity contribution is -0.141. The lowest BCUT2D eigenvalue weighted by atomic mass is 9.94. The molecule has 6 nitrogen and oxygen atoms in total. The van der Waals surface area contributed by atoms with Gasteiger partial charge in [-0.25, -0.2) is 0 Å². The molecule has 3 amide bonds. The van der Waals surface area contributed by atoms with Crippen molar-refractivity contribution in [2.75, 3.05) is 32.7 Å². The molecule has 28 heavy (non-hydrogen) atoms. The third-order valence-corrected chi connectivity index (χ3v) is 6.12. The molecule has 0 aromatic heterocycles. The molecule has 7 heteroatoms. The normalized spacial score (nSPS) is 18.0. The number of hydrogen-bond donors (Lipinski definition) is 1. The average Bonchev–Trinajstić information content (AvgIpc) is 2.74. The highest BCUT2D eigenvalue weighted by Crippen LogP contribution is 2.22. The van der Waals surface area contributed by atoms with Gasteiger partial charge in [-0.1, -0.05) is 15.9 Å². The molecule has 0 spiro atoms. The van der Waals surface area contributed by atoms with Crippen LogP contribution in [0, 0.1) is 5.92 Å². The van der Waals surface area contributed by atoms with E-state index in [1.165, 1.54) is 6.42 Å². The van der Waals surface area contributed by atoms with Gasteiger partial charge in [-0.3, -0.25) is 14.4 Å². The number of nitrogens with zero attached hydrogens (tertiary/aromatic N) is 2. The highest BCUT2D eigenvalue weighted by atomic mass is 79.9. The first kappa shape index (κ1) is 20.8. The van der Waals surface area contributed by atoms with E-state index in [0.29, 0.717) is 25.2 Å². The lowest BCUT2D eigenvalue weighted by Crippen LogP contribution is -2.46. The summed E-state index contributed by atoms with van der Waals surface area (Å²) in [6.45, 7) is 3.35. The van der Waals surface area contributed by atoms with Gasteiger partial charge in [-0.05, 0) is 56.4 Å². The average molecular weight is 450 g/mol. The highest BCUT2D eigenvalue weighted by molar-refractivity contribution is 9.10. The van der Waals surface area contributed by atoms with E-state index < -0.39 is 0 Å². The molecule has 2 saturated heterocycles. The van der Waals surface area contributed by atoms with Gasteiger partial charge in [0.25, 0.3) is 5.91 Å². The quantitative estimate of drug-likeness (QED) is 0.750. The Morgan fingerprint density at radius 2 is 1.57 bits per heavy atom. The van der Waals surface area contributed by atoms with Crippen molar-refractivity contribution in [3.8, 4) is 0 Å². The molecular weight excluding hydrogens is 422 g/mol. The molecular formula is C21H28BrN3O3. The topological polar surface area (TPSA) is 69.7 Å². The van der Waals surface area contributed by atoms with Crippen LogP contribution in [0.2, 0.25) is 0 Å². The Bertz CT molecular complexity index is 693. The molecule has 0 saturated carbocycles. The maximum atomic E-state index is 12.6. The number of rotatable bonds is 5. The van der Waals surface area contributed by atoms with Gasteiger partial charge in [0.05, 0.1) is 0 Å². The summed E-state index contributed by atoms with van der Waals surface area (Å²) in [6, 6.07) is 7.11. The van der Waals surface area contributed by atoms with Crippen LogP contribution in [-0.2, 0) is 9.59 Å². The number of halogens is 1. The molecule has 0 aliphatic carbocycles. The molecule has 152 valence electrons. The number of nitrogens with one attached hydrogen (secondary N) is 1. The number of piperidine rings is 2. The van der Waals surface area contributed by atoms with Crippen molar-refractivity contribution in [1.29, 1.82) is 0 Å². The summed E-state index contributed by atoms with van der Waals surface area (Å²) in [4.78, 5) is 40.9. The van der Waals surface area contributed by atoms with Gasteiger partial charge >= 0.3 is 0 Å². The molecule has 0 bridgehead atoms. The predicted octanol–water partition coefficient (Wildman–Crippen LogP) is 2.82. The molecule has 3 rings (SSSR count). The van der Waals surface area contributed by atoms with E-state index in [-0.39, 0.29) is 30.1 Å². The van der Waals surface area contributed by atoms with Crippen LogP contribution >= 0.6 is 15.9 Å². The fourth-order valence-electron chi connectivity index (χ4n) is 3.89. The number of carbonyl (C=O) groups excluding carboxylic acids is 3. The van der Waals surface area contributed by atoms with Crippen LogP contribution in [0.1, 0.15) is 48.9 Å². The van der Waals surface area contributed by atoms with Gasteiger partial charge < -0.3 is 15.1 Å². The van der Waals surface area contributed by atoms with Gasteiger partial charge in [0.15, 0.2) is 0 Å². The Morgan fingerprint density at radius 3 is 2.21 bits per heavy atom. The summed E-state index contributed by atoms with van der Waals surface area (Å²) in [6.07, 6.45) is 5.20. The summed E-state index contributed by atoms with van der Waals surface area (Å²) in [5, 5.41) is 2.80. The van der Waals surface area contributed by atoms with E-state index in [1.54, 1.807) is 12.1 Å². The first-order valence-electron chi connectivity index (χ1n) is 10.1. The van der Waals surface area contributed by atoms with E-state index in [2.05, 4.69) is 21.2 Å². The van der Waals surface area contributed by atoms with Crippen molar-refractivity contribution in [2.24, 2.45) is 5.92 Å². The van der Waals surface area contributed by atoms with Gasteiger partial charge in [-0.15, -0.1) is 0 Å². The maximum Gasteiger partial charge on any atom is 0.251 e. The number of hydrogen-bond acceptors (Lipinski definition) is 3. The van der Waals surface area contributed by atoms with Crippen LogP contribution in [0.5, 0.6) is 0 Å². The smallest absolute Gasteiger partial charge is 0.251 e. The first-order valence-corrected chi connectivity index (χ1v) is 10.9. The van der Waals surface area contributed by atoms with E-state index in [4.69, 9.17) is 0 Å². The van der Waals surface area contributed by atoms with Crippen molar-refractivity contribution in [3.05, 3.63) is 34.3 Å². The minimum Gasteiger partial charge on any atom is -0.352 e. The predicted molar refractivity (Wildman–Crippen MR) is 111 cm³/mol. The third-order valence-electron chi connectivity index (χ3n) is 5.60. The first-order chi connectivity index (χ1) is 13.5. The van der Waals surface area contributed by atoms with Crippen LogP contribution < -0.4 is 5.32 Å². The zero-order valence-electron chi connectivity index (χ0n) is 16.2. The van der Waals surface area contributed by atoms with Crippen LogP contribution in [0.25, 0.3) is 0 Å². The van der Waals surface area contributed by atoms with E-state index in [9.17, 15) is 14.4 Å². The monoisotopic (exact) mass is 449 g/mol. The standard InChI is InChI=1S/C21H28BrN3O3/c22-18-6-4-16(5-7-18)20(27)23-11-8-19(26)24-14-9-17(10-15-24)21(28)25-12-2-1-3-13-25/h4-7,17H,1-3,8-15H2,(H,23,27). The number of benzene rings is 1. The molecule has 1 aromatic rings. The van der Waals surface area contributed by atoms with Gasteiger partial charge in [0.2, 0.25) is 11.8 Å². The summed E-state index contributed by atoms with van der Waals surface area (Å²) < 4.78 is 0.918. The third kappa shape index (κ3) is 5.56. The molecule has 2 aliphatic heterocycles. The zero-order chi connectivity index (χ0) is 19.9. The molecule has 2 aliphatic rings. The van der Waals surface area contributed by atoms with Crippen molar-refractivity contribution in [3.63, 3.8) is 0 Å². The zero-order valence-corrected chi connectivity index (χ0v) is 17.7. The summed E-state index contributed by atoms with van der Waals surface area (Å²) in [5.41, 5.74) is 0.577. The van der Waals surface area contributed by atoms with Crippen LogP contribution in [0.15, 0.2) is 28.7 Å². The molecule has 2 fully saturated rings. The number of carbonyl (C=O) groups is 3. The molecule has 0 unspecified atom stereocenters. The summed E-state index contributed by atoms with van der Waals surface area (Å²) >= 11 is 3.34. The second kappa shape index (κ2) is 10.0. The Kier molecular flexibility index (Phi) is 7.48. The number of amides is 3. The van der Waals surface area contributed by atoms with Gasteiger partial charge in [0.1, 0.15) is 0 Å². The minimum absolute atomic E-state index is 0.0416. The van der Waals surface area contributed by atoms with Crippen molar-refractivity contribution >= 4 is 33.7 Å². The largest absolute Gasteiger partial charge is 0.352 e. The van der Waals surface area contributed by atoms with E-state index in [0.717, 1.165) is 43.2 Å². The van der Waals surface area contributed by atoms with Crippen LogP contribution in [0.4, 0.5) is 0 Å². The SMILES string of the molecule is O=C(NCCC(=O)N1CCC(C(=O)N2CCCCC2)CC1)c1ccc(Br)cc1. The fourth-order valence-corrected chi connectivity index (χ4v) is 4.16. The minimum atomic E-state index is -0.175. The molecule has 0 radical (unpaired) electrons. The van der Waals surface area contributed by atoms with Gasteiger partial charge in [-0.2, -0.15) is 0 Å². The molecule has 0 atom stereocenters. The second-order valence-corrected chi connectivity index (χ2v) is 8.47. The molecule has 1 aromatic carbocycles. The number of likely N-dealkylation sites (tertiary alicyclic amines) is 2. The summed E-state index contributed by atoms with van der Waals surface area (Å²) in [5.74, 6) is 0.193. The Balaban J connectivity index is 1.37. The van der Waals surface area contributed by atoms with Crippen LogP contribution in [0.3, 0.4) is 0 Å². The van der Waals surface area contributed by atoms with E-state index >= 15 is 0 Å². The summed E-state index contributed by atoms with van der Waals surface area (Å²) in [7, 11) is 0. The Hall–Kier alpha value is -1.89. The van der Waals surface area contributed by atoms with Crippen molar-refractivity contribution < 1.29 is 14.4 Å². The Labute approximate surface area is 174 Å². The van der Waals surface area contributed by atoms with Crippen LogP contribution in [-0.4, -0.2) is 60.2 Å². The Morgan fingerprint density at radius 1 is 0.929 bits per heavy atom. The van der Waals surface area contributed by atoms with Gasteiger partial charge in [0, 0.05) is 55.1 Å². The van der Waals surface area contributed by atoms with Crippen molar-refractivity contribution in [2.45, 2.75) is 38.5 Å². The lowest BCUT2D eigenvalue weighted by Gasteiger charge is -2.35. The van der Waals surface area contributed by atoms with Crippen molar-refractivity contribution in [1.82, 2.24) is 15.1 Å². The fraction of sp³-hybridized carbons (Fsp3) is 0.571. The second-order valence-electron chi connectivity index (χ2n) is 7.55. The molecule has 2 heterocycles.